The van der Waals surface area contributed by atoms with Crippen LogP contribution in [0.25, 0.3) is 0 Å². The van der Waals surface area contributed by atoms with Crippen molar-refractivity contribution in [3.8, 4) is 11.6 Å². The summed E-state index contributed by atoms with van der Waals surface area (Å²) in [5.74, 6) is -4.84. The first-order valence-electron chi connectivity index (χ1n) is 12.6. The quantitative estimate of drug-likeness (QED) is 0.454. The van der Waals surface area contributed by atoms with E-state index in [0.717, 1.165) is 6.26 Å². The lowest BCUT2D eigenvalue weighted by Crippen LogP contribution is -2.53. The summed E-state index contributed by atoms with van der Waals surface area (Å²) < 4.78 is 78.0. The maximum absolute atomic E-state index is 15.1. The highest BCUT2D eigenvalue weighted by Crippen LogP contribution is 2.41. The molecule has 1 aromatic heterocycles. The SMILES string of the molecule is C[C@@H](C(=O)Nc1cnc(Oc2ccc(F)cc2)cn1)N1CCC(F)(F)[C@@H](C2=CNC3OC3C(CS(C)(=O)=O)=C2)C1. The topological polar surface area (TPSA) is 126 Å². The number of carbonyl (C=O) groups excluding carboxylic acids is 1. The number of fused-ring (bicyclic) bond motifs is 1. The van der Waals surface area contributed by atoms with Crippen LogP contribution < -0.4 is 15.4 Å². The van der Waals surface area contributed by atoms with Gasteiger partial charge in [0.15, 0.2) is 21.9 Å². The van der Waals surface area contributed by atoms with E-state index in [4.69, 9.17) is 9.47 Å². The van der Waals surface area contributed by atoms with Crippen molar-refractivity contribution >= 4 is 21.6 Å². The Morgan fingerprint density at radius 3 is 2.70 bits per heavy atom. The molecule has 214 valence electrons. The third-order valence-corrected chi connectivity index (χ3v) is 7.81. The summed E-state index contributed by atoms with van der Waals surface area (Å²) in [6, 6.07) is 4.58. The Kier molecular flexibility index (Phi) is 7.59. The molecule has 2 aromatic rings. The summed E-state index contributed by atoms with van der Waals surface area (Å²) in [7, 11) is -3.40. The normalized spacial score (nSPS) is 24.9. The van der Waals surface area contributed by atoms with Crippen LogP contribution in [0.5, 0.6) is 11.6 Å². The molecule has 0 saturated carbocycles. The van der Waals surface area contributed by atoms with Gasteiger partial charge in [0.1, 0.15) is 17.7 Å². The molecule has 5 rings (SSSR count). The van der Waals surface area contributed by atoms with Crippen LogP contribution in [0.15, 0.2) is 60.1 Å². The molecule has 40 heavy (non-hydrogen) atoms. The Balaban J connectivity index is 1.24. The van der Waals surface area contributed by atoms with Crippen molar-refractivity contribution in [2.45, 2.75) is 37.6 Å². The Morgan fingerprint density at radius 1 is 1.27 bits per heavy atom. The average molecular weight is 580 g/mol. The lowest BCUT2D eigenvalue weighted by Gasteiger charge is -2.41. The molecule has 0 aliphatic carbocycles. The number of amides is 1. The smallest absolute Gasteiger partial charge is 0.257 e. The summed E-state index contributed by atoms with van der Waals surface area (Å²) in [6.07, 6.45) is 5.22. The summed E-state index contributed by atoms with van der Waals surface area (Å²) >= 11 is 0. The van der Waals surface area contributed by atoms with Crippen molar-refractivity contribution in [2.24, 2.45) is 5.92 Å². The molecule has 3 aliphatic heterocycles. The molecule has 3 aliphatic rings. The van der Waals surface area contributed by atoms with Crippen LogP contribution in [0.4, 0.5) is 19.0 Å². The molecule has 0 bridgehead atoms. The maximum Gasteiger partial charge on any atom is 0.257 e. The Bertz CT molecular complexity index is 1430. The van der Waals surface area contributed by atoms with Crippen molar-refractivity contribution in [3.05, 3.63) is 65.9 Å². The molecule has 10 nitrogen and oxygen atoms in total. The lowest BCUT2D eigenvalue weighted by atomic mass is 9.85. The molecular weight excluding hydrogens is 551 g/mol. The first-order chi connectivity index (χ1) is 18.9. The second-order valence-electron chi connectivity index (χ2n) is 10.1. The Labute approximate surface area is 229 Å². The molecule has 2 saturated heterocycles. The second-order valence-corrected chi connectivity index (χ2v) is 12.2. The number of nitrogens with one attached hydrogen (secondary N) is 2. The van der Waals surface area contributed by atoms with Crippen LogP contribution >= 0.6 is 0 Å². The van der Waals surface area contributed by atoms with Gasteiger partial charge in [-0.05, 0) is 42.3 Å². The van der Waals surface area contributed by atoms with Gasteiger partial charge in [-0.25, -0.2) is 31.6 Å². The van der Waals surface area contributed by atoms with Crippen molar-refractivity contribution in [3.63, 3.8) is 0 Å². The van der Waals surface area contributed by atoms with Crippen molar-refractivity contribution in [1.29, 1.82) is 0 Å². The summed E-state index contributed by atoms with van der Waals surface area (Å²) in [5, 5.41) is 5.57. The number of benzene rings is 1. The number of halogens is 3. The van der Waals surface area contributed by atoms with Crippen molar-refractivity contribution in [1.82, 2.24) is 20.2 Å². The number of aromatic nitrogens is 2. The standard InChI is InChI=1S/C26H28F3N5O5S/c1-15(24(35)33-21-11-31-22(12-30-21)38-19-5-3-18(27)4-6-19)34-8-7-26(28,29)20(13-34)16-9-17(14-40(2,36)37)23-25(39-23)32-10-16/h3-6,9-12,15,20,23,25,32H,7-8,13-14H2,1-2H3,(H,30,33,35)/t15-,20+,23?,25?/m0/s1. The number of alkyl halides is 2. The Hall–Kier alpha value is -3.49. The summed E-state index contributed by atoms with van der Waals surface area (Å²) in [5.41, 5.74) is 0.687. The molecule has 14 heteroatoms. The van der Waals surface area contributed by atoms with Gasteiger partial charge in [0.25, 0.3) is 5.92 Å². The van der Waals surface area contributed by atoms with E-state index in [-0.39, 0.29) is 36.1 Å². The molecule has 1 aromatic carbocycles. The molecule has 4 atom stereocenters. The number of rotatable bonds is 8. The van der Waals surface area contributed by atoms with Crippen LogP contribution in [0.1, 0.15) is 13.3 Å². The van der Waals surface area contributed by atoms with E-state index in [2.05, 4.69) is 20.6 Å². The Morgan fingerprint density at radius 2 is 2.02 bits per heavy atom. The van der Waals surface area contributed by atoms with Crippen LogP contribution in [0.2, 0.25) is 0 Å². The van der Waals surface area contributed by atoms with E-state index in [9.17, 15) is 17.6 Å². The monoisotopic (exact) mass is 579 g/mol. The van der Waals surface area contributed by atoms with Gasteiger partial charge >= 0.3 is 0 Å². The molecule has 0 radical (unpaired) electrons. The maximum atomic E-state index is 15.1. The number of carbonyl (C=O) groups is 1. The van der Waals surface area contributed by atoms with Gasteiger partial charge in [-0.3, -0.25) is 9.69 Å². The largest absolute Gasteiger partial charge is 0.438 e. The van der Waals surface area contributed by atoms with Gasteiger partial charge in [0.05, 0.1) is 30.1 Å². The molecule has 1 amide bonds. The highest BCUT2D eigenvalue weighted by molar-refractivity contribution is 7.90. The number of hydrogen-bond acceptors (Lipinski definition) is 9. The number of nitrogens with zero attached hydrogens (tertiary/aromatic N) is 3. The van der Waals surface area contributed by atoms with Crippen molar-refractivity contribution < 1.29 is 35.9 Å². The fourth-order valence-corrected chi connectivity index (χ4v) is 5.60. The van der Waals surface area contributed by atoms with Crippen LogP contribution in [-0.2, 0) is 19.4 Å². The molecule has 4 heterocycles. The van der Waals surface area contributed by atoms with E-state index < -0.39 is 58.2 Å². The van der Waals surface area contributed by atoms with Gasteiger partial charge in [-0.1, -0.05) is 6.08 Å². The van der Waals surface area contributed by atoms with Gasteiger partial charge in [0, 0.05) is 32.0 Å². The molecular formula is C26H28F3N5O5S. The van der Waals surface area contributed by atoms with Crippen LogP contribution in [-0.4, -0.2) is 78.6 Å². The van der Waals surface area contributed by atoms with Crippen molar-refractivity contribution in [2.75, 3.05) is 30.4 Å². The second kappa shape index (κ2) is 10.8. The number of allylic oxidation sites excluding steroid dienone is 1. The summed E-state index contributed by atoms with van der Waals surface area (Å²) in [6.45, 7) is 1.48. The van der Waals surface area contributed by atoms with Crippen LogP contribution in [0, 0.1) is 11.7 Å². The zero-order chi connectivity index (χ0) is 28.7. The number of sulfone groups is 1. The first kappa shape index (κ1) is 28.1. The number of ether oxygens (including phenoxy) is 2. The highest BCUT2D eigenvalue weighted by Gasteiger charge is 2.49. The number of anilines is 1. The van der Waals surface area contributed by atoms with E-state index in [1.165, 1.54) is 48.9 Å². The lowest BCUT2D eigenvalue weighted by molar-refractivity contribution is -0.128. The van der Waals surface area contributed by atoms with E-state index >= 15 is 8.78 Å². The number of likely N-dealkylation sites (tertiary alicyclic amines) is 1. The summed E-state index contributed by atoms with van der Waals surface area (Å²) in [4.78, 5) is 22.8. The van der Waals surface area contributed by atoms with Gasteiger partial charge in [-0.15, -0.1) is 0 Å². The predicted octanol–water partition coefficient (Wildman–Crippen LogP) is 2.88. The number of hydrogen-bond donors (Lipinski definition) is 2. The zero-order valence-corrected chi connectivity index (χ0v) is 22.5. The average Bonchev–Trinajstić information content (AvgIpc) is 3.68. The van der Waals surface area contributed by atoms with E-state index in [1.807, 2.05) is 0 Å². The van der Waals surface area contributed by atoms with Crippen LogP contribution in [0.3, 0.4) is 0 Å². The molecule has 2 fully saturated rings. The van der Waals surface area contributed by atoms with E-state index in [0.29, 0.717) is 11.3 Å². The van der Waals surface area contributed by atoms with Gasteiger partial charge in [0.2, 0.25) is 11.8 Å². The zero-order valence-electron chi connectivity index (χ0n) is 21.7. The molecule has 2 N–H and O–H groups in total. The fraction of sp³-hybridized carbons (Fsp3) is 0.423. The third-order valence-electron chi connectivity index (χ3n) is 6.96. The first-order valence-corrected chi connectivity index (χ1v) is 14.6. The van der Waals surface area contributed by atoms with Gasteiger partial charge < -0.3 is 20.1 Å². The minimum absolute atomic E-state index is 0.0107. The number of piperidine rings is 1. The minimum atomic E-state index is -3.40. The van der Waals surface area contributed by atoms with E-state index in [1.54, 1.807) is 11.8 Å². The molecule has 2 unspecified atom stereocenters. The third kappa shape index (κ3) is 6.62. The fourth-order valence-electron chi connectivity index (χ4n) is 4.75. The van der Waals surface area contributed by atoms with Gasteiger partial charge in [-0.2, -0.15) is 0 Å². The molecule has 0 spiro atoms. The number of epoxide rings is 1. The predicted molar refractivity (Wildman–Crippen MR) is 139 cm³/mol. The minimum Gasteiger partial charge on any atom is -0.438 e. The highest BCUT2D eigenvalue weighted by atomic mass is 32.2.